The quantitative estimate of drug-likeness (QED) is 0.0916. The van der Waals surface area contributed by atoms with E-state index in [1.54, 1.807) is 0 Å². The van der Waals surface area contributed by atoms with Gasteiger partial charge in [0.1, 0.15) is 0 Å². The van der Waals surface area contributed by atoms with Crippen LogP contribution in [0.25, 0.3) is 0 Å². The molecule has 0 bridgehead atoms. The van der Waals surface area contributed by atoms with Crippen LogP contribution in [0.4, 0.5) is 0 Å². The first-order valence-electron chi connectivity index (χ1n) is 14.2. The number of hydrogen-bond donors (Lipinski definition) is 0. The second-order valence-corrected chi connectivity index (χ2v) is 9.89. The first-order chi connectivity index (χ1) is 17.0. The van der Waals surface area contributed by atoms with E-state index in [4.69, 9.17) is 9.57 Å². The van der Waals surface area contributed by atoms with Gasteiger partial charge in [-0.05, 0) is 12.8 Å². The van der Waals surface area contributed by atoms with Gasteiger partial charge in [0.25, 0.3) is 11.8 Å². The lowest BCUT2D eigenvalue weighted by atomic mass is 10.0. The summed E-state index contributed by atoms with van der Waals surface area (Å²) in [4.78, 5) is 51.8. The Labute approximate surface area is 212 Å². The second kappa shape index (κ2) is 20.3. The highest BCUT2D eigenvalue weighted by Crippen LogP contribution is 2.17. The summed E-state index contributed by atoms with van der Waals surface area (Å²) in [5, 5.41) is 0.494. The molecule has 1 rings (SSSR count). The molecule has 0 aromatic rings. The van der Waals surface area contributed by atoms with Crippen molar-refractivity contribution in [3.63, 3.8) is 0 Å². The van der Waals surface area contributed by atoms with Gasteiger partial charge in [0, 0.05) is 19.8 Å². The van der Waals surface area contributed by atoms with Crippen molar-refractivity contribution in [3.8, 4) is 0 Å². The number of hydrogen-bond acceptors (Lipinski definition) is 6. The average molecular weight is 496 g/mol. The van der Waals surface area contributed by atoms with Crippen LogP contribution in [-0.2, 0) is 28.8 Å². The summed E-state index contributed by atoms with van der Waals surface area (Å²) in [6.07, 6.45) is 22.2. The SMILES string of the molecule is CCCCCCCCCCCCCCCCCCCC[C@@H](OC(C)=O)C(=O)ON1C(=O)CCC1=O. The van der Waals surface area contributed by atoms with Gasteiger partial charge in [0.2, 0.25) is 6.10 Å². The van der Waals surface area contributed by atoms with Crippen LogP contribution < -0.4 is 0 Å². The van der Waals surface area contributed by atoms with Crippen molar-refractivity contribution < 1.29 is 28.8 Å². The molecule has 0 aliphatic carbocycles. The highest BCUT2D eigenvalue weighted by molar-refractivity contribution is 6.01. The Balaban J connectivity index is 1.98. The molecule has 0 spiro atoms. The van der Waals surface area contributed by atoms with E-state index in [1.165, 1.54) is 96.8 Å². The van der Waals surface area contributed by atoms with E-state index in [1.807, 2.05) is 0 Å². The predicted octanol–water partition coefficient (Wildman–Crippen LogP) is 6.96. The molecule has 1 heterocycles. The largest absolute Gasteiger partial charge is 0.450 e. The molecule has 1 aliphatic rings. The molecule has 1 atom stereocenters. The molecule has 2 amide bonds. The number of rotatable bonds is 22. The minimum atomic E-state index is -1.09. The third-order valence-electron chi connectivity index (χ3n) is 6.58. The molecule has 1 fully saturated rings. The Bertz CT molecular complexity index is 605. The Morgan fingerprint density at radius 2 is 1.06 bits per heavy atom. The van der Waals surface area contributed by atoms with Crippen LogP contribution in [0.2, 0.25) is 0 Å². The van der Waals surface area contributed by atoms with Crippen LogP contribution in [0.3, 0.4) is 0 Å². The fourth-order valence-corrected chi connectivity index (χ4v) is 4.46. The normalized spacial score (nSPS) is 14.4. The van der Waals surface area contributed by atoms with Crippen LogP contribution in [0.5, 0.6) is 0 Å². The molecule has 7 heteroatoms. The van der Waals surface area contributed by atoms with Crippen molar-refractivity contribution in [3.05, 3.63) is 0 Å². The van der Waals surface area contributed by atoms with Crippen LogP contribution in [0.1, 0.15) is 149 Å². The van der Waals surface area contributed by atoms with Crippen molar-refractivity contribution in [2.24, 2.45) is 0 Å². The first kappa shape index (κ1) is 31.1. The number of esters is 1. The molecule has 1 saturated heterocycles. The molecule has 1 aliphatic heterocycles. The van der Waals surface area contributed by atoms with Crippen LogP contribution in [0.15, 0.2) is 0 Å². The van der Waals surface area contributed by atoms with Crippen molar-refractivity contribution in [2.75, 3.05) is 0 Å². The Kier molecular flexibility index (Phi) is 18.0. The summed E-state index contributed by atoms with van der Waals surface area (Å²) in [6.45, 7) is 3.49. The van der Waals surface area contributed by atoms with Crippen molar-refractivity contribution >= 4 is 23.8 Å². The second-order valence-electron chi connectivity index (χ2n) is 9.89. The summed E-state index contributed by atoms with van der Waals surface area (Å²) in [5.74, 6) is -2.54. The van der Waals surface area contributed by atoms with E-state index in [0.717, 1.165) is 19.3 Å². The molecule has 0 aromatic heterocycles. The molecular formula is C28H49NO6. The summed E-state index contributed by atoms with van der Waals surface area (Å²) in [6, 6.07) is 0. The lowest BCUT2D eigenvalue weighted by molar-refractivity contribution is -0.206. The standard InChI is InChI=1S/C28H49NO6/c1-3-4-5-6-7-8-9-10-11-12-13-14-15-16-17-18-19-20-21-25(34-24(2)30)28(33)35-29-26(31)22-23-27(29)32/h25H,3-23H2,1-2H3/t25-/m1/s1. The Hall–Kier alpha value is -1.92. The van der Waals surface area contributed by atoms with Crippen molar-refractivity contribution in [1.82, 2.24) is 5.06 Å². The number of ether oxygens (including phenoxy) is 1. The zero-order valence-electron chi connectivity index (χ0n) is 22.3. The van der Waals surface area contributed by atoms with Gasteiger partial charge in [0.05, 0.1) is 0 Å². The van der Waals surface area contributed by atoms with Crippen LogP contribution in [0, 0.1) is 0 Å². The van der Waals surface area contributed by atoms with E-state index in [0.29, 0.717) is 17.9 Å². The van der Waals surface area contributed by atoms with E-state index < -0.39 is 29.9 Å². The van der Waals surface area contributed by atoms with Gasteiger partial charge in [-0.2, -0.15) is 0 Å². The molecule has 35 heavy (non-hydrogen) atoms. The molecule has 7 nitrogen and oxygen atoms in total. The van der Waals surface area contributed by atoms with Gasteiger partial charge in [-0.25, -0.2) is 4.79 Å². The molecule has 0 aromatic carbocycles. The molecule has 0 N–H and O–H groups in total. The summed E-state index contributed by atoms with van der Waals surface area (Å²) < 4.78 is 5.06. The number of carbonyl (C=O) groups excluding carboxylic acids is 4. The molecule has 0 saturated carbocycles. The van der Waals surface area contributed by atoms with Crippen LogP contribution in [-0.4, -0.2) is 34.9 Å². The Morgan fingerprint density at radius 1 is 0.686 bits per heavy atom. The molecule has 202 valence electrons. The zero-order chi connectivity index (χ0) is 25.7. The summed E-state index contributed by atoms with van der Waals surface area (Å²) >= 11 is 0. The average Bonchev–Trinajstić information content (AvgIpc) is 3.14. The highest BCUT2D eigenvalue weighted by atomic mass is 16.7. The predicted molar refractivity (Wildman–Crippen MR) is 136 cm³/mol. The fraction of sp³-hybridized carbons (Fsp3) is 0.857. The van der Waals surface area contributed by atoms with Crippen molar-refractivity contribution in [1.29, 1.82) is 0 Å². The van der Waals surface area contributed by atoms with E-state index in [2.05, 4.69) is 6.92 Å². The monoisotopic (exact) mass is 495 g/mol. The summed E-state index contributed by atoms with van der Waals surface area (Å²) in [5.41, 5.74) is 0. The minimum absolute atomic E-state index is 0.0313. The van der Waals surface area contributed by atoms with E-state index in [-0.39, 0.29) is 12.8 Å². The van der Waals surface area contributed by atoms with Gasteiger partial charge in [0.15, 0.2) is 0 Å². The van der Waals surface area contributed by atoms with E-state index in [9.17, 15) is 19.2 Å². The van der Waals surface area contributed by atoms with Gasteiger partial charge < -0.3 is 9.57 Å². The third kappa shape index (κ3) is 15.6. The van der Waals surface area contributed by atoms with Gasteiger partial charge in [-0.1, -0.05) is 116 Å². The number of carbonyl (C=O) groups is 4. The maximum Gasteiger partial charge on any atom is 0.373 e. The van der Waals surface area contributed by atoms with Crippen LogP contribution >= 0.6 is 0 Å². The third-order valence-corrected chi connectivity index (χ3v) is 6.58. The lowest BCUT2D eigenvalue weighted by Gasteiger charge is -2.18. The highest BCUT2D eigenvalue weighted by Gasteiger charge is 2.35. The molecular weight excluding hydrogens is 446 g/mol. The fourth-order valence-electron chi connectivity index (χ4n) is 4.46. The minimum Gasteiger partial charge on any atom is -0.450 e. The van der Waals surface area contributed by atoms with E-state index >= 15 is 0 Å². The zero-order valence-corrected chi connectivity index (χ0v) is 22.3. The number of unbranched alkanes of at least 4 members (excludes halogenated alkanes) is 17. The Morgan fingerprint density at radius 3 is 1.43 bits per heavy atom. The molecule has 0 radical (unpaired) electrons. The van der Waals surface area contributed by atoms with Gasteiger partial charge >= 0.3 is 11.9 Å². The number of amides is 2. The smallest absolute Gasteiger partial charge is 0.373 e. The first-order valence-corrected chi connectivity index (χ1v) is 14.2. The number of nitrogens with zero attached hydrogens (tertiary/aromatic N) is 1. The molecule has 0 unspecified atom stereocenters. The van der Waals surface area contributed by atoms with Gasteiger partial charge in [-0.15, -0.1) is 5.06 Å². The van der Waals surface area contributed by atoms with Gasteiger partial charge in [-0.3, -0.25) is 14.4 Å². The lowest BCUT2D eigenvalue weighted by Crippen LogP contribution is -2.38. The topological polar surface area (TPSA) is 90.0 Å². The number of imide groups is 1. The number of hydroxylamine groups is 2. The van der Waals surface area contributed by atoms with Crippen molar-refractivity contribution in [2.45, 2.75) is 155 Å². The summed E-state index contributed by atoms with van der Waals surface area (Å²) in [7, 11) is 0. The maximum atomic E-state index is 12.3. The maximum absolute atomic E-state index is 12.3.